The molecule has 2 N–H and O–H groups in total. The predicted octanol–water partition coefficient (Wildman–Crippen LogP) is 9.49. The second-order valence-electron chi connectivity index (χ2n) is 18.5. The van der Waals surface area contributed by atoms with Crippen molar-refractivity contribution >= 4 is 159 Å². The summed E-state index contributed by atoms with van der Waals surface area (Å²) in [6.07, 6.45) is 14.0. The first-order valence-electron chi connectivity index (χ1n) is 27.1. The molecule has 0 saturated carbocycles. The zero-order valence-electron chi connectivity index (χ0n) is 51.1. The Morgan fingerprint density at radius 3 is 1.40 bits per heavy atom. The van der Waals surface area contributed by atoms with Gasteiger partial charge in [-0.25, -0.2) is 58.1 Å². The summed E-state index contributed by atoms with van der Waals surface area (Å²) in [5, 5.41) is 16.0. The van der Waals surface area contributed by atoms with Crippen molar-refractivity contribution in [3.63, 3.8) is 0 Å². The minimum absolute atomic E-state index is 0. The van der Waals surface area contributed by atoms with Gasteiger partial charge in [0.15, 0.2) is 11.3 Å². The Balaban J connectivity index is 0.000000294. The number of carbonyl (C=O) groups is 1. The van der Waals surface area contributed by atoms with Crippen LogP contribution in [-0.2, 0) is 64.6 Å². The molecule has 0 aliphatic heterocycles. The second-order valence-corrected chi connectivity index (χ2v) is 26.7. The summed E-state index contributed by atoms with van der Waals surface area (Å²) in [7, 11) is -5.83. The van der Waals surface area contributed by atoms with Gasteiger partial charge in [0.25, 0.3) is 35.6 Å². The summed E-state index contributed by atoms with van der Waals surface area (Å²) < 4.78 is 76.6. The summed E-state index contributed by atoms with van der Waals surface area (Å²) in [4.78, 5) is 38.9. The summed E-state index contributed by atoms with van der Waals surface area (Å²) in [5.41, 5.74) is 6.53. The number of hydrogen-bond donors (Lipinski definition) is 2. The van der Waals surface area contributed by atoms with Crippen molar-refractivity contribution in [1.82, 2.24) is 47.4 Å². The first-order valence-corrected chi connectivity index (χ1v) is 34.1. The number of aromatic amines is 2. The minimum Gasteiger partial charge on any atom is -1.00 e. The number of hydrogen-bond acceptors (Lipinski definition) is 14. The summed E-state index contributed by atoms with van der Waals surface area (Å²) >= 11 is 30.1. The van der Waals surface area contributed by atoms with E-state index in [1.807, 2.05) is 31.3 Å². The maximum atomic E-state index is 12.9. The number of nitrogens with one attached hydrogen (secondary N) is 2. The normalized spacial score (nSPS) is 10.7. The van der Waals surface area contributed by atoms with Crippen LogP contribution in [0.25, 0.3) is 55.2 Å². The third-order valence-corrected chi connectivity index (χ3v) is 19.5. The van der Waals surface area contributed by atoms with Gasteiger partial charge in [0.05, 0.1) is 39.8 Å². The first kappa shape index (κ1) is 80.8. The summed E-state index contributed by atoms with van der Waals surface area (Å²) in [5.74, 6) is 0. The Kier molecular flexibility index (Phi) is 33.4. The molecular formula is C63H60Cl6K2N10O9S3. The van der Waals surface area contributed by atoms with E-state index in [9.17, 15) is 25.3 Å². The third-order valence-electron chi connectivity index (χ3n) is 13.0. The van der Waals surface area contributed by atoms with Gasteiger partial charge in [-0.3, -0.25) is 4.79 Å². The Labute approximate surface area is 655 Å². The zero-order chi connectivity index (χ0) is 65.2. The number of rotatable bonds is 10. The monoisotopic (exact) mass is 1480 g/mol. The van der Waals surface area contributed by atoms with Crippen molar-refractivity contribution < 1.29 is 144 Å². The van der Waals surface area contributed by atoms with Crippen LogP contribution in [0, 0.1) is 0 Å². The van der Waals surface area contributed by atoms with Crippen molar-refractivity contribution in [2.45, 2.75) is 75.6 Å². The van der Waals surface area contributed by atoms with Crippen LogP contribution in [-0.4, -0.2) is 79.1 Å². The molecule has 30 heteroatoms. The van der Waals surface area contributed by atoms with Crippen LogP contribution in [0.15, 0.2) is 210 Å². The molecule has 3 aromatic carbocycles. The van der Waals surface area contributed by atoms with E-state index in [0.717, 1.165) is 71.5 Å². The van der Waals surface area contributed by atoms with Crippen molar-refractivity contribution in [1.29, 1.82) is 0 Å². The van der Waals surface area contributed by atoms with Gasteiger partial charge in [0, 0.05) is 105 Å². The van der Waals surface area contributed by atoms with Crippen molar-refractivity contribution in [3.05, 3.63) is 237 Å². The predicted molar refractivity (Wildman–Crippen MR) is 363 cm³/mol. The summed E-state index contributed by atoms with van der Waals surface area (Å²) in [6, 6.07) is 42.6. The molecule has 0 bridgehead atoms. The maximum Gasteiger partial charge on any atom is 1.00 e. The molecule has 13 rings (SSSR count). The fraction of sp³-hybridized carbons (Fsp3) is 0.143. The fourth-order valence-electron chi connectivity index (χ4n) is 8.75. The topological polar surface area (TPSA) is 263 Å². The second kappa shape index (κ2) is 38.4. The van der Waals surface area contributed by atoms with E-state index in [0.29, 0.717) is 44.2 Å². The molecule has 0 unspecified atom stereocenters. The first-order chi connectivity index (χ1) is 43.1. The van der Waals surface area contributed by atoms with Gasteiger partial charge in [-0.05, 0) is 123 Å². The quantitative estimate of drug-likeness (QED) is 0.0425. The van der Waals surface area contributed by atoms with E-state index in [2.05, 4.69) is 71.2 Å². The van der Waals surface area contributed by atoms with Gasteiger partial charge in [-0.1, -0.05) is 141 Å². The van der Waals surface area contributed by atoms with E-state index in [1.165, 1.54) is 46.1 Å². The molecule has 19 nitrogen and oxygen atoms in total. The maximum absolute atomic E-state index is 12.9. The molecule has 0 spiro atoms. The largest absolute Gasteiger partial charge is 1.00 e. The molecule has 10 aromatic heterocycles. The molecular weight excluding hydrogens is 1430 g/mol. The van der Waals surface area contributed by atoms with E-state index < -0.39 is 29.1 Å². The average molecular weight is 1490 g/mol. The molecule has 0 aliphatic rings. The van der Waals surface area contributed by atoms with E-state index in [4.69, 9.17) is 78.7 Å². The molecule has 0 amide bonds. The Morgan fingerprint density at radius 1 is 0.505 bits per heavy atom. The van der Waals surface area contributed by atoms with E-state index in [1.54, 1.807) is 134 Å². The Morgan fingerprint density at radius 2 is 0.935 bits per heavy atom. The van der Waals surface area contributed by atoms with Gasteiger partial charge >= 0.3 is 103 Å². The van der Waals surface area contributed by atoms with Crippen LogP contribution in [0.4, 0.5) is 0 Å². The number of benzene rings is 3. The zero-order valence-corrected chi connectivity index (χ0v) is 63.4. The minimum atomic E-state index is -3.69. The third kappa shape index (κ3) is 20.7. The molecule has 0 fully saturated rings. The molecule has 0 aliphatic carbocycles. The molecule has 0 saturated heterocycles. The number of pyridine rings is 5. The average Bonchev–Trinajstić information content (AvgIpc) is 1.61. The smallest absolute Gasteiger partial charge is 1.00 e. The van der Waals surface area contributed by atoms with Gasteiger partial charge in [-0.2, -0.15) is 0 Å². The van der Waals surface area contributed by atoms with Gasteiger partial charge in [0.2, 0.25) is 0 Å². The van der Waals surface area contributed by atoms with Gasteiger partial charge in [-0.15, -0.1) is 0 Å². The van der Waals surface area contributed by atoms with Crippen LogP contribution >= 0.6 is 68.7 Å². The van der Waals surface area contributed by atoms with Crippen molar-refractivity contribution in [3.8, 4) is 0 Å². The molecule has 478 valence electrons. The SMILES string of the molecule is C.CCc1cc2c(Cl)ccnc2[nH]1.CCc1cc2c(Cl)ccnc2n1CC.CCc1cc2c(Cl)ccnc2n1S(=O)(=O)c1ccccc1.Clc1ccnc2[nH]ccc12.O=CO[O-].O=S(=O)(Cl)c1ccccc1.O=S(=O)(c1ccccc1)n1ccc2c(Cl)ccnc21.[H-].[K+].[K+]. The van der Waals surface area contributed by atoms with Crippen LogP contribution in [0.5, 0.6) is 0 Å². The van der Waals surface area contributed by atoms with Gasteiger partial charge in [0.1, 0.15) is 16.9 Å². The standard InChI is InChI=1S/C15H13ClN2O2S.C13H9ClN2O2S.C11H13ClN2.C9H9ClN2.C7H5ClN2.C6H5ClO2S.CH2O3.CH4.2K.H/c1-2-11-10-13-14(16)8-9-17-15(13)18(11)21(19,20)12-6-4-3-5-7-12;14-12-6-8-15-13-11(12)7-9-16(13)19(17,18)10-4-2-1-3-5-10;1-3-8-7-9-10(12)5-6-13-11(9)14(8)4-2;1-2-6-5-7-8(10)3-4-11-9(7)12-6;8-6-2-4-10-7-5(6)1-3-9-7;7-10(8,9)6-4-2-1-3-5-6;2-1-4-3;;;;/h3-10H,2H2,1H3;1-9H;5-7H,3-4H2,1-2H3;3-5H,2H2,1H3,(H,11,12);1-4H,(H,9,10);1-5H;1,3H;1H4;;;/q;;;;;;;;2*+1;-1/p-1. The van der Waals surface area contributed by atoms with Crippen LogP contribution in [0.2, 0.25) is 25.1 Å². The fourth-order valence-corrected chi connectivity index (χ4v) is 13.4. The number of fused-ring (bicyclic) bond motifs is 5. The molecule has 0 radical (unpaired) electrons. The number of aromatic nitrogens is 10. The van der Waals surface area contributed by atoms with Crippen LogP contribution in [0.1, 0.15) is 53.6 Å². The van der Waals surface area contributed by atoms with E-state index in [-0.39, 0.29) is 133 Å². The van der Waals surface area contributed by atoms with Crippen molar-refractivity contribution in [2.75, 3.05) is 0 Å². The molecule has 0 atom stereocenters. The summed E-state index contributed by atoms with van der Waals surface area (Å²) in [6.45, 7) is 9.03. The van der Waals surface area contributed by atoms with Crippen molar-refractivity contribution in [2.24, 2.45) is 0 Å². The molecule has 13 aromatic rings. The van der Waals surface area contributed by atoms with Crippen LogP contribution in [0.3, 0.4) is 0 Å². The molecule has 93 heavy (non-hydrogen) atoms. The number of carbonyl (C=O) groups excluding carboxylic acids is 1. The van der Waals surface area contributed by atoms with E-state index >= 15 is 0 Å². The Hall–Kier alpha value is -4.60. The van der Waals surface area contributed by atoms with Gasteiger partial charge < -0.3 is 26.1 Å². The van der Waals surface area contributed by atoms with Crippen LogP contribution < -0.4 is 108 Å². The Bertz CT molecular complexity index is 4900. The molecule has 10 heterocycles. The number of H-pyrrole nitrogens is 2. The number of nitrogens with zero attached hydrogens (tertiary/aromatic N) is 8. The number of halogens is 6. The number of aryl methyl sites for hydroxylation is 4.